The van der Waals surface area contributed by atoms with Gasteiger partial charge in [0.2, 0.25) is 0 Å². The van der Waals surface area contributed by atoms with Crippen LogP contribution in [0.15, 0.2) is 22.7 Å². The van der Waals surface area contributed by atoms with E-state index in [0.29, 0.717) is 16.8 Å². The van der Waals surface area contributed by atoms with E-state index in [1.54, 1.807) is 13.2 Å². The molecule has 2 amide bonds. The Kier molecular flexibility index (Phi) is 7.18. The fourth-order valence-corrected chi connectivity index (χ4v) is 2.38. The number of urea groups is 1. The average Bonchev–Trinajstić information content (AvgIpc) is 2.38. The summed E-state index contributed by atoms with van der Waals surface area (Å²) in [5.41, 5.74) is 0.508. The molecule has 3 N–H and O–H groups in total. The van der Waals surface area contributed by atoms with Gasteiger partial charge >= 0.3 is 12.0 Å². The van der Waals surface area contributed by atoms with E-state index >= 15 is 0 Å². The average molecular weight is 359 g/mol. The summed E-state index contributed by atoms with van der Waals surface area (Å²) in [5.74, 6) is -1.05. The van der Waals surface area contributed by atoms with Gasteiger partial charge in [0.15, 0.2) is 0 Å². The highest BCUT2D eigenvalue weighted by Crippen LogP contribution is 2.19. The Hall–Kier alpha value is -1.60. The van der Waals surface area contributed by atoms with Crippen molar-refractivity contribution in [2.45, 2.75) is 25.8 Å². The number of benzene rings is 1. The molecule has 0 saturated carbocycles. The minimum Gasteiger partial charge on any atom is -0.478 e. The van der Waals surface area contributed by atoms with E-state index in [1.165, 1.54) is 12.1 Å². The lowest BCUT2D eigenvalue weighted by Crippen LogP contribution is -2.40. The lowest BCUT2D eigenvalue weighted by Gasteiger charge is -2.17. The van der Waals surface area contributed by atoms with E-state index in [1.807, 2.05) is 6.92 Å². The number of ether oxygens (including phenoxy) is 1. The summed E-state index contributed by atoms with van der Waals surface area (Å²) in [5, 5.41) is 14.4. The standard InChI is InChI=1S/C14H19BrN2O4/c1-3-4-11(8-21-2)16-14(20)17-12-6-9(13(18)19)5-10(15)7-12/h5-7,11H,3-4,8H2,1-2H3,(H,18,19)(H2,16,17,20). The number of carboxylic acid groups (broad SMARTS) is 1. The third-order valence-corrected chi connectivity index (χ3v) is 3.20. The first kappa shape index (κ1) is 17.5. The second-order valence-electron chi connectivity index (χ2n) is 4.57. The van der Waals surface area contributed by atoms with Crippen molar-refractivity contribution in [2.24, 2.45) is 0 Å². The van der Waals surface area contributed by atoms with Crippen molar-refractivity contribution in [3.05, 3.63) is 28.2 Å². The van der Waals surface area contributed by atoms with Crippen LogP contribution in [-0.2, 0) is 4.74 Å². The second kappa shape index (κ2) is 8.63. The Labute approximate surface area is 132 Å². The maximum absolute atomic E-state index is 11.9. The fraction of sp³-hybridized carbons (Fsp3) is 0.429. The van der Waals surface area contributed by atoms with Gasteiger partial charge in [0, 0.05) is 17.3 Å². The fourth-order valence-electron chi connectivity index (χ4n) is 1.88. The van der Waals surface area contributed by atoms with Gasteiger partial charge < -0.3 is 20.5 Å². The number of aromatic carboxylic acids is 1. The summed E-state index contributed by atoms with van der Waals surface area (Å²) >= 11 is 3.22. The number of hydrogen-bond donors (Lipinski definition) is 3. The molecule has 6 nitrogen and oxygen atoms in total. The maximum Gasteiger partial charge on any atom is 0.335 e. The predicted molar refractivity (Wildman–Crippen MR) is 83.8 cm³/mol. The van der Waals surface area contributed by atoms with Crippen LogP contribution in [0.1, 0.15) is 30.1 Å². The van der Waals surface area contributed by atoms with Crippen LogP contribution in [0.4, 0.5) is 10.5 Å². The van der Waals surface area contributed by atoms with Gasteiger partial charge in [-0.05, 0) is 24.6 Å². The van der Waals surface area contributed by atoms with Crippen LogP contribution in [0.5, 0.6) is 0 Å². The number of carbonyl (C=O) groups is 2. The number of rotatable bonds is 7. The molecular formula is C14H19BrN2O4. The molecule has 21 heavy (non-hydrogen) atoms. The molecule has 0 spiro atoms. The van der Waals surface area contributed by atoms with Gasteiger partial charge in [0.25, 0.3) is 0 Å². The molecule has 0 aliphatic rings. The quantitative estimate of drug-likeness (QED) is 0.698. The summed E-state index contributed by atoms with van der Waals surface area (Å²) in [6.45, 7) is 2.45. The highest BCUT2D eigenvalue weighted by Gasteiger charge is 2.12. The normalized spacial score (nSPS) is 11.8. The zero-order valence-electron chi connectivity index (χ0n) is 12.0. The number of nitrogens with one attached hydrogen (secondary N) is 2. The van der Waals surface area contributed by atoms with Gasteiger partial charge in [-0.1, -0.05) is 29.3 Å². The molecule has 1 aromatic rings. The molecule has 0 aliphatic heterocycles. The van der Waals surface area contributed by atoms with Gasteiger partial charge in [-0.3, -0.25) is 0 Å². The molecule has 1 rings (SSSR count). The number of anilines is 1. The van der Waals surface area contributed by atoms with Crippen LogP contribution in [0, 0.1) is 0 Å². The highest BCUT2D eigenvalue weighted by molar-refractivity contribution is 9.10. The number of carbonyl (C=O) groups excluding carboxylic acids is 1. The molecule has 0 heterocycles. The Bertz CT molecular complexity index is 502. The van der Waals surface area contributed by atoms with Crippen molar-refractivity contribution in [3.8, 4) is 0 Å². The monoisotopic (exact) mass is 358 g/mol. The molecule has 0 fully saturated rings. The van der Waals surface area contributed by atoms with Crippen LogP contribution in [0.25, 0.3) is 0 Å². The Morgan fingerprint density at radius 3 is 2.67 bits per heavy atom. The first-order valence-electron chi connectivity index (χ1n) is 6.56. The lowest BCUT2D eigenvalue weighted by atomic mass is 10.2. The molecule has 1 atom stereocenters. The van der Waals surface area contributed by atoms with E-state index < -0.39 is 5.97 Å². The predicted octanol–water partition coefficient (Wildman–Crippen LogP) is 3.08. The zero-order valence-corrected chi connectivity index (χ0v) is 13.6. The Balaban J connectivity index is 2.71. The highest BCUT2D eigenvalue weighted by atomic mass is 79.9. The summed E-state index contributed by atoms with van der Waals surface area (Å²) < 4.78 is 5.63. The third kappa shape index (κ3) is 6.14. The van der Waals surface area contributed by atoms with Crippen molar-refractivity contribution in [1.82, 2.24) is 5.32 Å². The van der Waals surface area contributed by atoms with Crippen molar-refractivity contribution in [2.75, 3.05) is 19.0 Å². The minimum atomic E-state index is -1.05. The molecule has 1 unspecified atom stereocenters. The smallest absolute Gasteiger partial charge is 0.335 e. The third-order valence-electron chi connectivity index (χ3n) is 2.74. The molecule has 1 aromatic carbocycles. The number of methoxy groups -OCH3 is 1. The number of carboxylic acids is 1. The van der Waals surface area contributed by atoms with Gasteiger partial charge in [-0.2, -0.15) is 0 Å². The van der Waals surface area contributed by atoms with E-state index in [0.717, 1.165) is 12.8 Å². The number of amides is 2. The van der Waals surface area contributed by atoms with Gasteiger partial charge in [-0.25, -0.2) is 9.59 Å². The first-order chi connectivity index (χ1) is 9.96. The molecule has 116 valence electrons. The summed E-state index contributed by atoms with van der Waals surface area (Å²) in [6.07, 6.45) is 1.73. The van der Waals surface area contributed by atoms with Crippen molar-refractivity contribution < 1.29 is 19.4 Å². The van der Waals surface area contributed by atoms with E-state index in [2.05, 4.69) is 26.6 Å². The summed E-state index contributed by atoms with van der Waals surface area (Å²) in [6, 6.07) is 4.04. The Morgan fingerprint density at radius 2 is 2.10 bits per heavy atom. The SMILES string of the molecule is CCCC(COC)NC(=O)Nc1cc(Br)cc(C(=O)O)c1. The van der Waals surface area contributed by atoms with Crippen LogP contribution in [0.2, 0.25) is 0 Å². The van der Waals surface area contributed by atoms with Crippen LogP contribution < -0.4 is 10.6 Å². The molecule has 0 saturated heterocycles. The van der Waals surface area contributed by atoms with Gasteiger partial charge in [-0.15, -0.1) is 0 Å². The topological polar surface area (TPSA) is 87.7 Å². The van der Waals surface area contributed by atoms with Crippen LogP contribution >= 0.6 is 15.9 Å². The van der Waals surface area contributed by atoms with Crippen LogP contribution in [0.3, 0.4) is 0 Å². The summed E-state index contributed by atoms with van der Waals surface area (Å²) in [7, 11) is 1.58. The van der Waals surface area contributed by atoms with Gasteiger partial charge in [0.1, 0.15) is 0 Å². The first-order valence-corrected chi connectivity index (χ1v) is 7.36. The van der Waals surface area contributed by atoms with E-state index in [-0.39, 0.29) is 17.6 Å². The molecule has 7 heteroatoms. The largest absolute Gasteiger partial charge is 0.478 e. The van der Waals surface area contributed by atoms with Crippen LogP contribution in [-0.4, -0.2) is 36.9 Å². The number of halogens is 1. The van der Waals surface area contributed by atoms with Gasteiger partial charge in [0.05, 0.1) is 18.2 Å². The molecule has 0 aromatic heterocycles. The second-order valence-corrected chi connectivity index (χ2v) is 5.49. The van der Waals surface area contributed by atoms with Crippen molar-refractivity contribution in [1.29, 1.82) is 0 Å². The zero-order chi connectivity index (χ0) is 15.8. The Morgan fingerprint density at radius 1 is 1.38 bits per heavy atom. The van der Waals surface area contributed by atoms with E-state index in [4.69, 9.17) is 9.84 Å². The lowest BCUT2D eigenvalue weighted by molar-refractivity contribution is 0.0697. The van der Waals surface area contributed by atoms with Crippen molar-refractivity contribution in [3.63, 3.8) is 0 Å². The number of hydrogen-bond acceptors (Lipinski definition) is 3. The molecular weight excluding hydrogens is 340 g/mol. The minimum absolute atomic E-state index is 0.0777. The maximum atomic E-state index is 11.9. The van der Waals surface area contributed by atoms with Crippen molar-refractivity contribution >= 4 is 33.6 Å². The van der Waals surface area contributed by atoms with E-state index in [9.17, 15) is 9.59 Å². The molecule has 0 radical (unpaired) electrons. The summed E-state index contributed by atoms with van der Waals surface area (Å²) in [4.78, 5) is 22.9. The molecule has 0 bridgehead atoms. The molecule has 0 aliphatic carbocycles.